The summed E-state index contributed by atoms with van der Waals surface area (Å²) >= 11 is 0. The third-order valence-electron chi connectivity index (χ3n) is 9.43. The Kier molecular flexibility index (Phi) is 11.3. The molecule has 1 saturated heterocycles. The Morgan fingerprint density at radius 3 is 1.77 bits per heavy atom. The molecule has 3 heteroatoms. The maximum atomic E-state index is 10.2. The molecule has 1 heterocycles. The lowest BCUT2D eigenvalue weighted by atomic mass is 9.63. The summed E-state index contributed by atoms with van der Waals surface area (Å²) in [7, 11) is 0. The van der Waals surface area contributed by atoms with Gasteiger partial charge in [0.1, 0.15) is 11.2 Å². The number of fused-ring (bicyclic) bond motifs is 1. The Bertz CT molecular complexity index is 1320. The largest absolute Gasteiger partial charge is 0.393 e. The Morgan fingerprint density at radius 2 is 1.23 bits per heavy atom. The lowest BCUT2D eigenvalue weighted by molar-refractivity contribution is 0.0515. The quantitative estimate of drug-likeness (QED) is 0.153. The summed E-state index contributed by atoms with van der Waals surface area (Å²) in [4.78, 5) is 0. The molecular formula is C40H56O3. The number of hydrogen-bond acceptors (Lipinski definition) is 3. The van der Waals surface area contributed by atoms with E-state index in [1.165, 1.54) is 27.9 Å². The number of hydrogen-bond donors (Lipinski definition) is 2. The van der Waals surface area contributed by atoms with Crippen LogP contribution in [0.15, 0.2) is 119 Å². The fraction of sp³-hybridized carbons (Fsp3) is 0.500. The first-order valence-corrected chi connectivity index (χ1v) is 15.8. The standard InChI is InChI=1S/C40H56O3/c1-29(17-13-19-31(3)21-22-36-33(5)25-34(41)26-37(36,6)7)15-11-12-16-30(2)18-14-20-32(4)23-24-40-38(8,9)27-35(42)28-39(40,10)43-40/h11-25,34-36,41-42H,26-28H2,1-10H3/b12-11+,17-13-,18-14-,22-21+,24-23+,29-15+,30-16+,31-19-,32-20-. The minimum absolute atomic E-state index is 0.0547. The second-order valence-corrected chi connectivity index (χ2v) is 14.6. The fourth-order valence-corrected chi connectivity index (χ4v) is 7.07. The zero-order valence-corrected chi connectivity index (χ0v) is 28.3. The molecule has 0 amide bonds. The van der Waals surface area contributed by atoms with E-state index in [1.807, 2.05) is 6.08 Å². The van der Waals surface area contributed by atoms with Gasteiger partial charge < -0.3 is 14.9 Å². The first-order chi connectivity index (χ1) is 20.0. The van der Waals surface area contributed by atoms with Crippen LogP contribution in [0.4, 0.5) is 0 Å². The van der Waals surface area contributed by atoms with E-state index >= 15 is 0 Å². The fourth-order valence-electron chi connectivity index (χ4n) is 7.07. The van der Waals surface area contributed by atoms with Crippen LogP contribution in [-0.2, 0) is 4.74 Å². The van der Waals surface area contributed by atoms with Crippen LogP contribution in [0, 0.1) is 16.7 Å². The van der Waals surface area contributed by atoms with Crippen molar-refractivity contribution in [3.63, 3.8) is 0 Å². The SMILES string of the molecule is CC1=CC(O)CC(C)(C)C1/C=C/C(C)=C\C=C/C(C)=C/C=C/C=C(C)/C=C\C=C(C)/C=C/C12OC1(C)CC(O)CC2(C)C. The molecule has 43 heavy (non-hydrogen) atoms. The van der Waals surface area contributed by atoms with Gasteiger partial charge in [-0.3, -0.25) is 0 Å². The van der Waals surface area contributed by atoms with E-state index in [0.29, 0.717) is 12.3 Å². The average molecular weight is 585 g/mol. The van der Waals surface area contributed by atoms with Crippen LogP contribution < -0.4 is 0 Å². The number of aliphatic hydroxyl groups is 2. The molecule has 0 aromatic rings. The monoisotopic (exact) mass is 584 g/mol. The Labute approximate surface area is 262 Å². The van der Waals surface area contributed by atoms with Crippen molar-refractivity contribution in [2.45, 2.75) is 112 Å². The molecule has 0 bridgehead atoms. The molecule has 0 spiro atoms. The van der Waals surface area contributed by atoms with Gasteiger partial charge in [-0.2, -0.15) is 0 Å². The van der Waals surface area contributed by atoms with E-state index in [2.05, 4.69) is 154 Å². The Balaban J connectivity index is 1.49. The number of aliphatic hydroxyl groups excluding tert-OH is 2. The lowest BCUT2D eigenvalue weighted by Gasteiger charge is -2.39. The number of ether oxygens (including phenoxy) is 1. The van der Waals surface area contributed by atoms with Crippen molar-refractivity contribution in [3.8, 4) is 0 Å². The first kappa shape index (κ1) is 34.8. The van der Waals surface area contributed by atoms with Crippen LogP contribution in [-0.4, -0.2) is 33.6 Å². The number of epoxide rings is 1. The van der Waals surface area contributed by atoms with Crippen molar-refractivity contribution < 1.29 is 14.9 Å². The molecule has 234 valence electrons. The van der Waals surface area contributed by atoms with Gasteiger partial charge in [0.05, 0.1) is 12.2 Å². The normalized spacial score (nSPS) is 33.8. The van der Waals surface area contributed by atoms with Gasteiger partial charge in [-0.1, -0.05) is 141 Å². The van der Waals surface area contributed by atoms with Gasteiger partial charge in [-0.15, -0.1) is 0 Å². The Morgan fingerprint density at radius 1 is 0.721 bits per heavy atom. The highest BCUT2D eigenvalue weighted by Gasteiger charge is 2.74. The predicted molar refractivity (Wildman–Crippen MR) is 184 cm³/mol. The maximum absolute atomic E-state index is 10.2. The zero-order valence-electron chi connectivity index (χ0n) is 28.3. The summed E-state index contributed by atoms with van der Waals surface area (Å²) in [6, 6.07) is 0. The predicted octanol–water partition coefficient (Wildman–Crippen LogP) is 9.61. The maximum Gasteiger partial charge on any atom is 0.121 e. The highest BCUT2D eigenvalue weighted by molar-refractivity contribution is 5.37. The topological polar surface area (TPSA) is 53.0 Å². The lowest BCUT2D eigenvalue weighted by Crippen LogP contribution is -2.46. The zero-order chi connectivity index (χ0) is 32.1. The molecule has 3 nitrogen and oxygen atoms in total. The smallest absolute Gasteiger partial charge is 0.121 e. The van der Waals surface area contributed by atoms with Crippen LogP contribution >= 0.6 is 0 Å². The number of allylic oxidation sites excluding steroid dienone is 18. The third kappa shape index (κ3) is 8.91. The second kappa shape index (κ2) is 13.9. The molecule has 1 saturated carbocycles. The van der Waals surface area contributed by atoms with E-state index in [1.54, 1.807) is 0 Å². The molecule has 5 unspecified atom stereocenters. The Hall–Kier alpha value is -2.72. The van der Waals surface area contributed by atoms with Crippen molar-refractivity contribution in [2.75, 3.05) is 0 Å². The molecule has 1 aliphatic heterocycles. The molecule has 2 aliphatic carbocycles. The van der Waals surface area contributed by atoms with Crippen LogP contribution in [0.2, 0.25) is 0 Å². The van der Waals surface area contributed by atoms with Gasteiger partial charge in [0.25, 0.3) is 0 Å². The van der Waals surface area contributed by atoms with Gasteiger partial charge in [-0.05, 0) is 65.9 Å². The third-order valence-corrected chi connectivity index (χ3v) is 9.43. The molecule has 3 rings (SSSR count). The van der Waals surface area contributed by atoms with Crippen LogP contribution in [0.3, 0.4) is 0 Å². The molecule has 2 fully saturated rings. The molecular weight excluding hydrogens is 528 g/mol. The van der Waals surface area contributed by atoms with E-state index in [-0.39, 0.29) is 34.2 Å². The molecule has 2 N–H and O–H groups in total. The van der Waals surface area contributed by atoms with Crippen LogP contribution in [0.5, 0.6) is 0 Å². The minimum Gasteiger partial charge on any atom is -0.393 e. The summed E-state index contributed by atoms with van der Waals surface area (Å²) in [5.74, 6) is 0.345. The van der Waals surface area contributed by atoms with Crippen molar-refractivity contribution in [1.82, 2.24) is 0 Å². The molecule has 5 atom stereocenters. The minimum atomic E-state index is -0.333. The van der Waals surface area contributed by atoms with E-state index < -0.39 is 0 Å². The average Bonchev–Trinajstić information content (AvgIpc) is 3.49. The molecule has 0 aromatic heterocycles. The summed E-state index contributed by atoms with van der Waals surface area (Å²) in [6.45, 7) is 21.5. The van der Waals surface area contributed by atoms with Gasteiger partial charge in [-0.25, -0.2) is 0 Å². The van der Waals surface area contributed by atoms with Gasteiger partial charge >= 0.3 is 0 Å². The van der Waals surface area contributed by atoms with Crippen molar-refractivity contribution in [3.05, 3.63) is 119 Å². The molecule has 0 radical (unpaired) electrons. The van der Waals surface area contributed by atoms with Crippen LogP contribution in [0.1, 0.15) is 88.5 Å². The van der Waals surface area contributed by atoms with Crippen molar-refractivity contribution >= 4 is 0 Å². The van der Waals surface area contributed by atoms with Crippen LogP contribution in [0.25, 0.3) is 0 Å². The van der Waals surface area contributed by atoms with E-state index in [0.717, 1.165) is 12.8 Å². The highest BCUT2D eigenvalue weighted by Crippen LogP contribution is 2.66. The molecule has 3 aliphatic rings. The van der Waals surface area contributed by atoms with E-state index in [4.69, 9.17) is 4.74 Å². The summed E-state index contributed by atoms with van der Waals surface area (Å²) in [6.07, 6.45) is 33.5. The molecule has 0 aromatic carbocycles. The summed E-state index contributed by atoms with van der Waals surface area (Å²) < 4.78 is 6.25. The van der Waals surface area contributed by atoms with Gasteiger partial charge in [0, 0.05) is 17.8 Å². The van der Waals surface area contributed by atoms with Crippen molar-refractivity contribution in [2.24, 2.45) is 16.7 Å². The second-order valence-electron chi connectivity index (χ2n) is 14.6. The first-order valence-electron chi connectivity index (χ1n) is 15.8. The summed E-state index contributed by atoms with van der Waals surface area (Å²) in [5, 5.41) is 20.3. The van der Waals surface area contributed by atoms with E-state index in [9.17, 15) is 10.2 Å². The van der Waals surface area contributed by atoms with Gasteiger partial charge in [0.15, 0.2) is 0 Å². The summed E-state index contributed by atoms with van der Waals surface area (Å²) in [5.41, 5.74) is 5.38. The highest BCUT2D eigenvalue weighted by atomic mass is 16.6. The van der Waals surface area contributed by atoms with Gasteiger partial charge in [0.2, 0.25) is 0 Å². The number of rotatable bonds is 10. The van der Waals surface area contributed by atoms with Crippen molar-refractivity contribution in [1.29, 1.82) is 0 Å².